The summed E-state index contributed by atoms with van der Waals surface area (Å²) >= 11 is 1.24. The molecule has 1 N–H and O–H groups in total. The Labute approximate surface area is 194 Å². The van der Waals surface area contributed by atoms with E-state index in [4.69, 9.17) is 9.47 Å². The Hall–Kier alpha value is -3.79. The number of para-hydroxylation sites is 1. The van der Waals surface area contributed by atoms with Gasteiger partial charge in [0, 0.05) is 24.1 Å². The molecule has 10 heteroatoms. The van der Waals surface area contributed by atoms with Gasteiger partial charge in [0.25, 0.3) is 0 Å². The number of hydrogen-bond donors (Lipinski definition) is 1. The molecule has 0 aliphatic heterocycles. The Morgan fingerprint density at radius 2 is 1.88 bits per heavy atom. The summed E-state index contributed by atoms with van der Waals surface area (Å²) in [6.07, 6.45) is 3.93. The lowest BCUT2D eigenvalue weighted by molar-refractivity contribution is -0.115. The van der Waals surface area contributed by atoms with Gasteiger partial charge >= 0.3 is 5.56 Å². The lowest BCUT2D eigenvalue weighted by Crippen LogP contribution is -2.25. The van der Waals surface area contributed by atoms with Crippen LogP contribution in [0.3, 0.4) is 0 Å². The summed E-state index contributed by atoms with van der Waals surface area (Å²) in [6, 6.07) is 14.5. The maximum Gasteiger partial charge on any atom is 0.300 e. The minimum Gasteiger partial charge on any atom is -0.497 e. The van der Waals surface area contributed by atoms with E-state index >= 15 is 0 Å². The largest absolute Gasteiger partial charge is 0.497 e. The second-order valence-electron chi connectivity index (χ2n) is 7.06. The van der Waals surface area contributed by atoms with Crippen LogP contribution in [0.25, 0.3) is 11.3 Å². The van der Waals surface area contributed by atoms with Crippen molar-refractivity contribution in [3.63, 3.8) is 0 Å². The van der Waals surface area contributed by atoms with Crippen molar-refractivity contribution in [2.45, 2.75) is 23.8 Å². The maximum atomic E-state index is 13.0. The molecule has 1 amide bonds. The topological polar surface area (TPSA) is 99.8 Å². The van der Waals surface area contributed by atoms with Gasteiger partial charge in [-0.3, -0.25) is 18.6 Å². The molecule has 0 aliphatic rings. The number of nitrogens with zero attached hydrogens (tertiary/aromatic N) is 4. The van der Waals surface area contributed by atoms with Gasteiger partial charge in [-0.05, 0) is 30.7 Å². The molecule has 33 heavy (non-hydrogen) atoms. The molecule has 4 aromatic rings. The highest BCUT2D eigenvalue weighted by Gasteiger charge is 2.23. The third-order valence-corrected chi connectivity index (χ3v) is 6.37. The number of fused-ring (bicyclic) bond motifs is 1. The normalized spacial score (nSPS) is 11.8. The number of carbonyl (C=O) groups excluding carboxylic acids is 1. The number of anilines is 1. The van der Waals surface area contributed by atoms with Crippen LogP contribution in [0.2, 0.25) is 0 Å². The number of methoxy groups -OCH3 is 2. The Bertz CT molecular complexity index is 1340. The molecule has 1 atom stereocenters. The van der Waals surface area contributed by atoms with Crippen LogP contribution in [0.4, 0.5) is 5.69 Å². The van der Waals surface area contributed by atoms with Crippen molar-refractivity contribution < 1.29 is 14.3 Å². The van der Waals surface area contributed by atoms with Crippen LogP contribution in [0, 0.1) is 0 Å². The fourth-order valence-electron chi connectivity index (χ4n) is 3.31. The molecule has 2 aromatic heterocycles. The van der Waals surface area contributed by atoms with Crippen molar-refractivity contribution >= 4 is 29.0 Å². The Balaban J connectivity index is 1.59. The second kappa shape index (κ2) is 9.78. The minimum absolute atomic E-state index is 0.188. The Kier molecular flexibility index (Phi) is 6.64. The summed E-state index contributed by atoms with van der Waals surface area (Å²) in [5.41, 5.74) is 1.15. The number of carbonyl (C=O) groups is 1. The number of benzene rings is 2. The quantitative estimate of drug-likeness (QED) is 0.398. The highest BCUT2D eigenvalue weighted by Crippen LogP contribution is 2.31. The van der Waals surface area contributed by atoms with Gasteiger partial charge in [-0.1, -0.05) is 36.9 Å². The molecule has 2 heterocycles. The van der Waals surface area contributed by atoms with Crippen molar-refractivity contribution in [3.8, 4) is 17.2 Å². The van der Waals surface area contributed by atoms with E-state index in [9.17, 15) is 9.59 Å². The molecular formula is C23H23N5O4S. The standard InChI is InChI=1S/C23H23N5O4S/c1-4-19(21(29)24-17-14-16(31-2)10-11-18(17)32-3)33-23-26-25-20-22(30)27(12-13-28(20)23)15-8-6-5-7-9-15/h5-14,19H,4H2,1-3H3,(H,24,29). The first-order valence-electron chi connectivity index (χ1n) is 10.3. The molecule has 9 nitrogen and oxygen atoms in total. The molecule has 170 valence electrons. The third kappa shape index (κ3) is 4.56. The molecule has 0 radical (unpaired) electrons. The van der Waals surface area contributed by atoms with Crippen LogP contribution in [-0.4, -0.2) is 44.5 Å². The minimum atomic E-state index is -0.468. The molecule has 0 bridgehead atoms. The molecule has 1 unspecified atom stereocenters. The predicted molar refractivity (Wildman–Crippen MR) is 127 cm³/mol. The third-order valence-electron chi connectivity index (χ3n) is 5.05. The molecule has 2 aromatic carbocycles. The van der Waals surface area contributed by atoms with Crippen molar-refractivity contribution in [3.05, 3.63) is 71.3 Å². The van der Waals surface area contributed by atoms with E-state index in [-0.39, 0.29) is 17.1 Å². The number of thioether (sulfide) groups is 1. The van der Waals surface area contributed by atoms with Gasteiger partial charge in [0.05, 0.1) is 25.2 Å². The molecule has 0 saturated heterocycles. The summed E-state index contributed by atoms with van der Waals surface area (Å²) in [7, 11) is 3.09. The molecule has 0 fully saturated rings. The number of ether oxygens (including phenoxy) is 2. The Morgan fingerprint density at radius 3 is 2.58 bits per heavy atom. The lowest BCUT2D eigenvalue weighted by atomic mass is 10.2. The first-order chi connectivity index (χ1) is 16.0. The highest BCUT2D eigenvalue weighted by molar-refractivity contribution is 8.00. The molecule has 0 aliphatic carbocycles. The average Bonchev–Trinajstić information content (AvgIpc) is 3.26. The molecular weight excluding hydrogens is 442 g/mol. The fraction of sp³-hybridized carbons (Fsp3) is 0.217. The van der Waals surface area contributed by atoms with Gasteiger partial charge in [0.15, 0.2) is 5.16 Å². The van der Waals surface area contributed by atoms with Crippen molar-refractivity contribution in [1.82, 2.24) is 19.2 Å². The van der Waals surface area contributed by atoms with E-state index in [1.165, 1.54) is 23.4 Å². The first-order valence-corrected chi connectivity index (χ1v) is 11.1. The number of amides is 1. The van der Waals surface area contributed by atoms with E-state index in [0.717, 1.165) is 5.69 Å². The first kappa shape index (κ1) is 22.4. The van der Waals surface area contributed by atoms with Gasteiger partial charge in [-0.15, -0.1) is 10.2 Å². The van der Waals surface area contributed by atoms with Crippen molar-refractivity contribution in [2.75, 3.05) is 19.5 Å². The van der Waals surface area contributed by atoms with Crippen LogP contribution in [0.1, 0.15) is 13.3 Å². The SMILES string of the molecule is CCC(Sc1nnc2c(=O)n(-c3ccccc3)ccn12)C(=O)Nc1cc(OC)ccc1OC. The van der Waals surface area contributed by atoms with Crippen LogP contribution < -0.4 is 20.3 Å². The van der Waals surface area contributed by atoms with E-state index in [0.29, 0.717) is 28.8 Å². The van der Waals surface area contributed by atoms with E-state index in [2.05, 4.69) is 15.5 Å². The van der Waals surface area contributed by atoms with E-state index in [1.807, 2.05) is 37.3 Å². The zero-order chi connectivity index (χ0) is 23.4. The van der Waals surface area contributed by atoms with Crippen LogP contribution in [0.5, 0.6) is 11.5 Å². The molecule has 0 spiro atoms. The summed E-state index contributed by atoms with van der Waals surface area (Å²) in [5.74, 6) is 0.909. The number of nitrogens with one attached hydrogen (secondary N) is 1. The van der Waals surface area contributed by atoms with Gasteiger partial charge in [0.2, 0.25) is 11.6 Å². The van der Waals surface area contributed by atoms with Gasteiger partial charge in [-0.25, -0.2) is 0 Å². The predicted octanol–water partition coefficient (Wildman–Crippen LogP) is 3.41. The zero-order valence-corrected chi connectivity index (χ0v) is 19.2. The summed E-state index contributed by atoms with van der Waals surface area (Å²) < 4.78 is 13.7. The Morgan fingerprint density at radius 1 is 1.09 bits per heavy atom. The van der Waals surface area contributed by atoms with Crippen molar-refractivity contribution in [1.29, 1.82) is 0 Å². The van der Waals surface area contributed by atoms with E-state index in [1.54, 1.807) is 42.1 Å². The van der Waals surface area contributed by atoms with Crippen LogP contribution in [0.15, 0.2) is 70.9 Å². The van der Waals surface area contributed by atoms with E-state index < -0.39 is 5.25 Å². The lowest BCUT2D eigenvalue weighted by Gasteiger charge is -2.16. The van der Waals surface area contributed by atoms with Crippen LogP contribution >= 0.6 is 11.8 Å². The zero-order valence-electron chi connectivity index (χ0n) is 18.4. The van der Waals surface area contributed by atoms with Gasteiger partial charge in [0.1, 0.15) is 11.5 Å². The van der Waals surface area contributed by atoms with Crippen LogP contribution in [-0.2, 0) is 4.79 Å². The highest BCUT2D eigenvalue weighted by atomic mass is 32.2. The summed E-state index contributed by atoms with van der Waals surface area (Å²) in [5, 5.41) is 11.1. The van der Waals surface area contributed by atoms with Gasteiger partial charge in [-0.2, -0.15) is 0 Å². The second-order valence-corrected chi connectivity index (χ2v) is 8.23. The fourth-order valence-corrected chi connectivity index (χ4v) is 4.25. The summed E-state index contributed by atoms with van der Waals surface area (Å²) in [6.45, 7) is 1.91. The maximum absolute atomic E-state index is 13.0. The number of hydrogen-bond acceptors (Lipinski definition) is 7. The number of rotatable bonds is 8. The molecule has 0 saturated carbocycles. The van der Waals surface area contributed by atoms with Gasteiger partial charge < -0.3 is 14.8 Å². The molecule has 4 rings (SSSR count). The van der Waals surface area contributed by atoms with Crippen molar-refractivity contribution in [2.24, 2.45) is 0 Å². The summed E-state index contributed by atoms with van der Waals surface area (Å²) in [4.78, 5) is 26.0. The monoisotopic (exact) mass is 465 g/mol. The smallest absolute Gasteiger partial charge is 0.300 e. The number of aromatic nitrogens is 4. The average molecular weight is 466 g/mol.